The number of rotatable bonds is 3. The molecule has 4 rings (SSSR count). The predicted octanol–water partition coefficient (Wildman–Crippen LogP) is 4.64. The van der Waals surface area contributed by atoms with Crippen LogP contribution in [-0.4, -0.2) is 24.2 Å². The molecule has 1 aliphatic heterocycles. The Morgan fingerprint density at radius 3 is 2.37 bits per heavy atom. The zero-order valence-corrected chi connectivity index (χ0v) is 14.3. The minimum atomic E-state index is -4.10. The van der Waals surface area contributed by atoms with Crippen LogP contribution in [0.15, 0.2) is 51.7 Å². The zero-order valence-electron chi connectivity index (χ0n) is 14.3. The number of hydrogen-bond acceptors (Lipinski definition) is 4. The van der Waals surface area contributed by atoms with Crippen LogP contribution in [0.3, 0.4) is 0 Å². The summed E-state index contributed by atoms with van der Waals surface area (Å²) in [5, 5.41) is 3.23. The Balaban J connectivity index is 1.42. The van der Waals surface area contributed by atoms with Gasteiger partial charge in [0.05, 0.1) is 11.4 Å². The van der Waals surface area contributed by atoms with Crippen LogP contribution >= 0.6 is 0 Å². The zero-order chi connectivity index (χ0) is 19.0. The highest BCUT2D eigenvalue weighted by atomic mass is 19.4. The van der Waals surface area contributed by atoms with E-state index in [0.29, 0.717) is 24.2 Å². The maximum atomic E-state index is 12.8. The Bertz CT molecular complexity index is 984. The van der Waals surface area contributed by atoms with Crippen molar-refractivity contribution in [3.63, 3.8) is 0 Å². The number of nitrogens with one attached hydrogen (secondary N) is 2. The molecule has 0 radical (unpaired) electrons. The summed E-state index contributed by atoms with van der Waals surface area (Å²) in [4.78, 5) is 15.8. The van der Waals surface area contributed by atoms with Crippen molar-refractivity contribution in [1.82, 2.24) is 4.98 Å². The van der Waals surface area contributed by atoms with Crippen LogP contribution in [-0.2, 0) is 0 Å². The molecule has 1 fully saturated rings. The highest BCUT2D eigenvalue weighted by molar-refractivity contribution is 5.78. The molecule has 0 aliphatic carbocycles. The number of H-pyrrole nitrogens is 1. The molecule has 0 amide bonds. The van der Waals surface area contributed by atoms with E-state index < -0.39 is 17.9 Å². The van der Waals surface area contributed by atoms with E-state index in [1.807, 2.05) is 29.2 Å². The monoisotopic (exact) mass is 377 g/mol. The summed E-state index contributed by atoms with van der Waals surface area (Å²) in [7, 11) is 0. The molecule has 1 saturated heterocycles. The van der Waals surface area contributed by atoms with Crippen molar-refractivity contribution in [3.05, 3.63) is 53.0 Å². The van der Waals surface area contributed by atoms with Crippen LogP contribution in [0.5, 0.6) is 0 Å². The molecule has 0 atom stereocenters. The fourth-order valence-electron chi connectivity index (χ4n) is 3.42. The van der Waals surface area contributed by atoms with E-state index in [0.717, 1.165) is 17.1 Å². The minimum Gasteiger partial charge on any atom is -0.408 e. The average molecular weight is 377 g/mol. The van der Waals surface area contributed by atoms with Gasteiger partial charge in [-0.15, -0.1) is 0 Å². The van der Waals surface area contributed by atoms with Crippen LogP contribution < -0.4 is 16.0 Å². The SMILES string of the molecule is O=c1[nH]c2cc(Nc3ccc(N4CCC(C(F)(F)F)CC4)cc3)ccc2o1. The number of alkyl halides is 3. The average Bonchev–Trinajstić information content (AvgIpc) is 3.01. The van der Waals surface area contributed by atoms with Crippen molar-refractivity contribution in [3.8, 4) is 0 Å². The Labute approximate surface area is 152 Å². The summed E-state index contributed by atoms with van der Waals surface area (Å²) in [6, 6.07) is 12.8. The van der Waals surface area contributed by atoms with Crippen molar-refractivity contribution < 1.29 is 17.6 Å². The van der Waals surface area contributed by atoms with Crippen LogP contribution in [0.4, 0.5) is 30.2 Å². The van der Waals surface area contributed by atoms with E-state index in [9.17, 15) is 18.0 Å². The maximum absolute atomic E-state index is 12.8. The van der Waals surface area contributed by atoms with Gasteiger partial charge in [-0.2, -0.15) is 13.2 Å². The largest absolute Gasteiger partial charge is 0.417 e. The molecule has 3 aromatic rings. The third-order valence-corrected chi connectivity index (χ3v) is 4.90. The summed E-state index contributed by atoms with van der Waals surface area (Å²) in [6.07, 6.45) is -3.83. The standard InChI is InChI=1S/C19H18F3N3O2/c20-19(21,22)12-7-9-25(10-8-12)15-4-1-13(2-5-15)23-14-3-6-17-16(11-14)24-18(26)27-17/h1-6,11-12,23H,7-10H2,(H,24,26). The number of aromatic amines is 1. The fourth-order valence-corrected chi connectivity index (χ4v) is 3.42. The van der Waals surface area contributed by atoms with Crippen molar-refractivity contribution in [2.75, 3.05) is 23.3 Å². The molecule has 1 aromatic heterocycles. The normalized spacial score (nSPS) is 16.0. The van der Waals surface area contributed by atoms with Crippen molar-refractivity contribution in [2.45, 2.75) is 19.0 Å². The number of nitrogens with zero attached hydrogens (tertiary/aromatic N) is 1. The molecule has 8 heteroatoms. The third-order valence-electron chi connectivity index (χ3n) is 4.90. The van der Waals surface area contributed by atoms with Crippen LogP contribution in [0.25, 0.3) is 11.1 Å². The molecule has 0 saturated carbocycles. The molecule has 2 aromatic carbocycles. The molecule has 0 unspecified atom stereocenters. The number of benzene rings is 2. The molecule has 142 valence electrons. The molecule has 0 spiro atoms. The highest BCUT2D eigenvalue weighted by Crippen LogP contribution is 2.35. The summed E-state index contributed by atoms with van der Waals surface area (Å²) in [5.74, 6) is -1.69. The number of aromatic nitrogens is 1. The second kappa shape index (κ2) is 6.68. The Morgan fingerprint density at radius 1 is 1.04 bits per heavy atom. The summed E-state index contributed by atoms with van der Waals surface area (Å²) in [5.41, 5.74) is 3.64. The van der Waals surface area contributed by atoms with Gasteiger partial charge < -0.3 is 14.6 Å². The first-order valence-corrected chi connectivity index (χ1v) is 8.70. The van der Waals surface area contributed by atoms with Crippen LogP contribution in [0.1, 0.15) is 12.8 Å². The fraction of sp³-hybridized carbons (Fsp3) is 0.316. The smallest absolute Gasteiger partial charge is 0.408 e. The van der Waals surface area contributed by atoms with Crippen molar-refractivity contribution in [2.24, 2.45) is 5.92 Å². The van der Waals surface area contributed by atoms with E-state index in [1.54, 1.807) is 18.2 Å². The third kappa shape index (κ3) is 3.79. The van der Waals surface area contributed by atoms with Crippen molar-refractivity contribution in [1.29, 1.82) is 0 Å². The van der Waals surface area contributed by atoms with E-state index in [-0.39, 0.29) is 12.8 Å². The van der Waals surface area contributed by atoms with Gasteiger partial charge in [0, 0.05) is 30.2 Å². The number of anilines is 3. The van der Waals surface area contributed by atoms with E-state index in [4.69, 9.17) is 4.42 Å². The first kappa shape index (κ1) is 17.5. The van der Waals surface area contributed by atoms with E-state index in [2.05, 4.69) is 10.3 Å². The van der Waals surface area contributed by atoms with Gasteiger partial charge in [0.25, 0.3) is 0 Å². The van der Waals surface area contributed by atoms with Gasteiger partial charge in [0.15, 0.2) is 5.58 Å². The predicted molar refractivity (Wildman–Crippen MR) is 97.6 cm³/mol. The number of hydrogen-bond donors (Lipinski definition) is 2. The van der Waals surface area contributed by atoms with Gasteiger partial charge in [-0.25, -0.2) is 4.79 Å². The van der Waals surface area contributed by atoms with Gasteiger partial charge in [-0.05, 0) is 55.3 Å². The topological polar surface area (TPSA) is 61.3 Å². The molecule has 27 heavy (non-hydrogen) atoms. The number of piperidine rings is 1. The number of halogens is 3. The van der Waals surface area contributed by atoms with E-state index >= 15 is 0 Å². The first-order chi connectivity index (χ1) is 12.9. The highest BCUT2D eigenvalue weighted by Gasteiger charge is 2.41. The molecule has 0 bridgehead atoms. The minimum absolute atomic E-state index is 0.131. The second-order valence-electron chi connectivity index (χ2n) is 6.70. The van der Waals surface area contributed by atoms with Gasteiger partial charge in [0.2, 0.25) is 0 Å². The Hall–Kier alpha value is -2.90. The molecular formula is C19H18F3N3O2. The first-order valence-electron chi connectivity index (χ1n) is 8.70. The lowest BCUT2D eigenvalue weighted by molar-refractivity contribution is -0.179. The summed E-state index contributed by atoms with van der Waals surface area (Å²) < 4.78 is 43.3. The summed E-state index contributed by atoms with van der Waals surface area (Å²) in [6.45, 7) is 0.808. The Morgan fingerprint density at radius 2 is 1.70 bits per heavy atom. The van der Waals surface area contributed by atoms with Gasteiger partial charge in [-0.3, -0.25) is 4.98 Å². The van der Waals surface area contributed by atoms with Gasteiger partial charge >= 0.3 is 11.9 Å². The van der Waals surface area contributed by atoms with E-state index in [1.165, 1.54) is 0 Å². The number of fused-ring (bicyclic) bond motifs is 1. The molecule has 2 N–H and O–H groups in total. The maximum Gasteiger partial charge on any atom is 0.417 e. The van der Waals surface area contributed by atoms with Crippen LogP contribution in [0.2, 0.25) is 0 Å². The molecule has 1 aliphatic rings. The number of oxazole rings is 1. The van der Waals surface area contributed by atoms with Crippen LogP contribution in [0, 0.1) is 5.92 Å². The summed E-state index contributed by atoms with van der Waals surface area (Å²) >= 11 is 0. The quantitative estimate of drug-likeness (QED) is 0.698. The molecular weight excluding hydrogens is 359 g/mol. The lowest BCUT2D eigenvalue weighted by Gasteiger charge is -2.34. The van der Waals surface area contributed by atoms with Gasteiger partial charge in [0.1, 0.15) is 0 Å². The van der Waals surface area contributed by atoms with Gasteiger partial charge in [-0.1, -0.05) is 0 Å². The lowest BCUT2D eigenvalue weighted by Crippen LogP contribution is -2.38. The molecule has 5 nitrogen and oxygen atoms in total. The van der Waals surface area contributed by atoms with Crippen molar-refractivity contribution >= 4 is 28.2 Å². The second-order valence-corrected chi connectivity index (χ2v) is 6.70. The molecule has 2 heterocycles. The lowest BCUT2D eigenvalue weighted by atomic mass is 9.96. The Kier molecular flexibility index (Phi) is 4.33.